The van der Waals surface area contributed by atoms with E-state index in [1.165, 1.54) is 12.1 Å². The number of aromatic nitrogens is 3. The summed E-state index contributed by atoms with van der Waals surface area (Å²) < 4.78 is 38.1. The SMILES string of the molecule is Cc1cc([C@@H](C)Oc2ccc(Cl)nc2S(N)(=O)=O)c2oc(-c3ccc4ccnn4c3)c(C)c(=O)c2c1. The molecule has 4 heterocycles. The highest BCUT2D eigenvalue weighted by Crippen LogP contribution is 2.34. The minimum Gasteiger partial charge on any atom is -0.483 e. The molecule has 0 bridgehead atoms. The largest absolute Gasteiger partial charge is 0.483 e. The number of fused-ring (bicyclic) bond motifs is 2. The van der Waals surface area contributed by atoms with Crippen LogP contribution in [-0.2, 0) is 10.0 Å². The van der Waals surface area contributed by atoms with E-state index in [2.05, 4.69) is 10.1 Å². The molecule has 9 nitrogen and oxygen atoms in total. The second-order valence-corrected chi connectivity index (χ2v) is 10.3. The van der Waals surface area contributed by atoms with Crippen molar-refractivity contribution in [2.75, 3.05) is 0 Å². The molecule has 0 saturated heterocycles. The van der Waals surface area contributed by atoms with Crippen LogP contribution in [0, 0.1) is 13.8 Å². The van der Waals surface area contributed by atoms with Crippen molar-refractivity contribution in [2.45, 2.75) is 31.9 Å². The summed E-state index contributed by atoms with van der Waals surface area (Å²) >= 11 is 5.87. The van der Waals surface area contributed by atoms with Gasteiger partial charge in [0, 0.05) is 29.1 Å². The van der Waals surface area contributed by atoms with Crippen molar-refractivity contribution in [3.05, 3.63) is 86.9 Å². The Hall–Kier alpha value is -3.73. The van der Waals surface area contributed by atoms with Crippen LogP contribution < -0.4 is 15.3 Å². The summed E-state index contributed by atoms with van der Waals surface area (Å²) in [6, 6.07) is 12.0. The molecule has 0 unspecified atom stereocenters. The third-order valence-corrected chi connectivity index (χ3v) is 6.89. The van der Waals surface area contributed by atoms with E-state index in [9.17, 15) is 13.2 Å². The van der Waals surface area contributed by atoms with Crippen LogP contribution in [0.2, 0.25) is 5.15 Å². The molecule has 0 radical (unpaired) electrons. The van der Waals surface area contributed by atoms with Crippen LogP contribution in [0.15, 0.2) is 69.1 Å². The fraction of sp³-hybridized carbons (Fsp3) is 0.160. The second-order valence-electron chi connectivity index (χ2n) is 8.48. The Morgan fingerprint density at radius 3 is 2.67 bits per heavy atom. The third-order valence-electron chi connectivity index (χ3n) is 5.85. The zero-order chi connectivity index (χ0) is 25.8. The van der Waals surface area contributed by atoms with Gasteiger partial charge >= 0.3 is 0 Å². The Morgan fingerprint density at radius 1 is 1.14 bits per heavy atom. The lowest BCUT2D eigenvalue weighted by atomic mass is 10.0. The maximum absolute atomic E-state index is 13.4. The molecule has 5 rings (SSSR count). The summed E-state index contributed by atoms with van der Waals surface area (Å²) in [7, 11) is -4.20. The van der Waals surface area contributed by atoms with Crippen LogP contribution in [-0.4, -0.2) is 23.0 Å². The van der Waals surface area contributed by atoms with Crippen molar-refractivity contribution >= 4 is 38.1 Å². The standard InChI is InChI=1S/C25H21ClN4O5S/c1-13-10-18(15(3)34-20-6-7-21(26)29-25(20)36(27,32)33)24-19(11-13)22(31)14(2)23(35-24)16-4-5-17-8-9-28-30(17)12-16/h4-12,15H,1-3H3,(H2,27,32,33)/t15-/m1/s1. The lowest BCUT2D eigenvalue weighted by molar-refractivity contribution is 0.219. The molecule has 1 atom stereocenters. The molecule has 0 aliphatic heterocycles. The minimum atomic E-state index is -4.20. The zero-order valence-electron chi connectivity index (χ0n) is 19.5. The number of rotatable bonds is 5. The van der Waals surface area contributed by atoms with Gasteiger partial charge in [-0.05, 0) is 68.8 Å². The maximum Gasteiger partial charge on any atom is 0.259 e. The van der Waals surface area contributed by atoms with Gasteiger partial charge in [0.15, 0.2) is 11.2 Å². The average molecular weight is 525 g/mol. The van der Waals surface area contributed by atoms with Crippen molar-refractivity contribution in [1.29, 1.82) is 0 Å². The van der Waals surface area contributed by atoms with Crippen molar-refractivity contribution in [2.24, 2.45) is 5.14 Å². The normalized spacial score (nSPS) is 12.8. The molecule has 0 aliphatic rings. The fourth-order valence-electron chi connectivity index (χ4n) is 4.15. The highest BCUT2D eigenvalue weighted by molar-refractivity contribution is 7.89. The molecule has 0 aliphatic carbocycles. The monoisotopic (exact) mass is 524 g/mol. The van der Waals surface area contributed by atoms with E-state index in [-0.39, 0.29) is 16.3 Å². The summed E-state index contributed by atoms with van der Waals surface area (Å²) in [4.78, 5) is 17.2. The highest BCUT2D eigenvalue weighted by Gasteiger charge is 2.24. The van der Waals surface area contributed by atoms with Gasteiger partial charge in [0.2, 0.25) is 5.03 Å². The molecular formula is C25H21ClN4O5S. The Labute approximate surface area is 211 Å². The molecule has 0 spiro atoms. The molecule has 11 heteroatoms. The van der Waals surface area contributed by atoms with Gasteiger partial charge in [-0.1, -0.05) is 11.6 Å². The van der Waals surface area contributed by atoms with E-state index < -0.39 is 21.2 Å². The molecule has 1 aromatic carbocycles. The molecular weight excluding hydrogens is 504 g/mol. The number of sulfonamides is 1. The summed E-state index contributed by atoms with van der Waals surface area (Å²) in [6.45, 7) is 5.28. The van der Waals surface area contributed by atoms with Crippen molar-refractivity contribution in [1.82, 2.24) is 14.6 Å². The van der Waals surface area contributed by atoms with Crippen LogP contribution in [0.25, 0.3) is 27.8 Å². The van der Waals surface area contributed by atoms with Crippen LogP contribution >= 0.6 is 11.6 Å². The Morgan fingerprint density at radius 2 is 1.92 bits per heavy atom. The van der Waals surface area contributed by atoms with Crippen LogP contribution in [0.1, 0.15) is 29.7 Å². The average Bonchev–Trinajstić information content (AvgIpc) is 3.29. The number of nitrogens with zero attached hydrogens (tertiary/aromatic N) is 3. The Balaban J connectivity index is 1.68. The molecule has 0 fully saturated rings. The van der Waals surface area contributed by atoms with Gasteiger partial charge in [0.05, 0.1) is 10.9 Å². The van der Waals surface area contributed by atoms with Crippen molar-refractivity contribution in [3.8, 4) is 17.1 Å². The van der Waals surface area contributed by atoms with E-state index in [0.29, 0.717) is 33.4 Å². The number of nitrogens with two attached hydrogens (primary N) is 1. The van der Waals surface area contributed by atoms with E-state index in [1.807, 2.05) is 31.2 Å². The number of ether oxygens (including phenoxy) is 1. The highest BCUT2D eigenvalue weighted by atomic mass is 35.5. The van der Waals surface area contributed by atoms with Gasteiger partial charge in [-0.15, -0.1) is 0 Å². The molecule has 4 aromatic heterocycles. The molecule has 0 saturated carbocycles. The Kier molecular flexibility index (Phi) is 5.82. The summed E-state index contributed by atoms with van der Waals surface area (Å²) in [5.41, 5.74) is 3.56. The lowest BCUT2D eigenvalue weighted by Gasteiger charge is -2.19. The van der Waals surface area contributed by atoms with E-state index in [4.69, 9.17) is 25.9 Å². The predicted molar refractivity (Wildman–Crippen MR) is 136 cm³/mol. The quantitative estimate of drug-likeness (QED) is 0.333. The molecule has 0 amide bonds. The first-order chi connectivity index (χ1) is 17.0. The number of pyridine rings is 2. The summed E-state index contributed by atoms with van der Waals surface area (Å²) in [6.07, 6.45) is 2.74. The summed E-state index contributed by atoms with van der Waals surface area (Å²) in [5, 5.41) is 9.44. The molecule has 184 valence electrons. The van der Waals surface area contributed by atoms with Gasteiger partial charge in [0.1, 0.15) is 22.6 Å². The van der Waals surface area contributed by atoms with E-state index >= 15 is 0 Å². The number of hydrogen-bond donors (Lipinski definition) is 1. The first-order valence-corrected chi connectivity index (χ1v) is 12.8. The van der Waals surface area contributed by atoms with E-state index in [0.717, 1.165) is 11.1 Å². The smallest absolute Gasteiger partial charge is 0.259 e. The number of halogens is 1. The van der Waals surface area contributed by atoms with Crippen LogP contribution in [0.5, 0.6) is 5.75 Å². The Bertz CT molecular complexity index is 1830. The first kappa shape index (κ1) is 24.0. The molecule has 5 aromatic rings. The van der Waals surface area contributed by atoms with Crippen molar-refractivity contribution in [3.63, 3.8) is 0 Å². The van der Waals surface area contributed by atoms with Crippen molar-refractivity contribution < 1.29 is 17.6 Å². The fourth-order valence-corrected chi connectivity index (χ4v) is 4.97. The van der Waals surface area contributed by atoms with E-state index in [1.54, 1.807) is 36.8 Å². The predicted octanol–water partition coefficient (Wildman–Crippen LogP) is 4.56. The third kappa shape index (κ3) is 4.23. The topological polar surface area (TPSA) is 130 Å². The minimum absolute atomic E-state index is 0.0414. The second kappa shape index (κ2) is 8.74. The first-order valence-electron chi connectivity index (χ1n) is 10.9. The van der Waals surface area contributed by atoms with Crippen LogP contribution in [0.3, 0.4) is 0 Å². The van der Waals surface area contributed by atoms with Gasteiger partial charge < -0.3 is 9.15 Å². The number of aryl methyl sites for hydroxylation is 1. The number of primary sulfonamides is 1. The zero-order valence-corrected chi connectivity index (χ0v) is 21.1. The van der Waals surface area contributed by atoms with Crippen LogP contribution in [0.4, 0.5) is 0 Å². The molecule has 2 N–H and O–H groups in total. The maximum atomic E-state index is 13.4. The van der Waals surface area contributed by atoms with Gasteiger partial charge in [-0.2, -0.15) is 5.10 Å². The lowest BCUT2D eigenvalue weighted by Crippen LogP contribution is -2.17. The summed E-state index contributed by atoms with van der Waals surface area (Å²) in [5.74, 6) is 0.337. The number of hydrogen-bond acceptors (Lipinski definition) is 7. The van der Waals surface area contributed by atoms with Gasteiger partial charge in [-0.25, -0.2) is 23.1 Å². The molecule has 36 heavy (non-hydrogen) atoms. The van der Waals surface area contributed by atoms with Gasteiger partial charge in [-0.3, -0.25) is 4.79 Å². The van der Waals surface area contributed by atoms with Gasteiger partial charge in [0.25, 0.3) is 10.0 Å². The number of benzene rings is 1.